The molecule has 122 valence electrons. The third-order valence-corrected chi connectivity index (χ3v) is 4.16. The zero-order valence-corrected chi connectivity index (χ0v) is 14.1. The van der Waals surface area contributed by atoms with Gasteiger partial charge < -0.3 is 19.7 Å². The number of morpholine rings is 1. The van der Waals surface area contributed by atoms with E-state index in [0.29, 0.717) is 6.61 Å². The highest BCUT2D eigenvalue weighted by Crippen LogP contribution is 2.34. The minimum absolute atomic E-state index is 0.142. The van der Waals surface area contributed by atoms with Gasteiger partial charge in [0.25, 0.3) is 0 Å². The third-order valence-electron chi connectivity index (χ3n) is 4.16. The number of likely N-dealkylation sites (tertiary alicyclic amines) is 1. The second-order valence-electron chi connectivity index (χ2n) is 8.01. The van der Waals surface area contributed by atoms with Crippen LogP contribution in [0.15, 0.2) is 0 Å². The Bertz CT molecular complexity index is 370. The summed E-state index contributed by atoms with van der Waals surface area (Å²) in [6.45, 7) is 13.2. The van der Waals surface area contributed by atoms with E-state index in [-0.39, 0.29) is 23.6 Å². The minimum atomic E-state index is -0.459. The topological polar surface area (TPSA) is 50.8 Å². The maximum Gasteiger partial charge on any atom is 0.410 e. The van der Waals surface area contributed by atoms with Crippen molar-refractivity contribution in [2.45, 2.75) is 65.1 Å². The standard InChI is InChI=1S/C16H30N2O3/c1-15(2,3)21-14(19)18-11-16(4,5)7-6-13(18)12-10-20-9-8-17-12/h12-13,17H,6-11H2,1-5H3. The lowest BCUT2D eigenvalue weighted by Gasteiger charge is -2.47. The predicted octanol–water partition coefficient (Wildman–Crippen LogP) is 2.40. The summed E-state index contributed by atoms with van der Waals surface area (Å²) >= 11 is 0. The first-order chi connectivity index (χ1) is 9.68. The lowest BCUT2D eigenvalue weighted by atomic mass is 9.79. The van der Waals surface area contributed by atoms with E-state index in [1.54, 1.807) is 0 Å². The predicted molar refractivity (Wildman–Crippen MR) is 82.4 cm³/mol. The summed E-state index contributed by atoms with van der Waals surface area (Å²) in [5, 5.41) is 3.49. The summed E-state index contributed by atoms with van der Waals surface area (Å²) in [5.41, 5.74) is -0.317. The van der Waals surface area contributed by atoms with E-state index in [4.69, 9.17) is 9.47 Å². The molecule has 0 bridgehead atoms. The van der Waals surface area contributed by atoms with Gasteiger partial charge in [0.2, 0.25) is 0 Å². The van der Waals surface area contributed by atoms with Gasteiger partial charge in [-0.3, -0.25) is 0 Å². The highest BCUT2D eigenvalue weighted by Gasteiger charge is 2.41. The van der Waals surface area contributed by atoms with E-state index in [0.717, 1.165) is 32.5 Å². The first kappa shape index (κ1) is 16.6. The molecule has 2 aliphatic rings. The van der Waals surface area contributed by atoms with Crippen LogP contribution < -0.4 is 5.32 Å². The SMILES string of the molecule is CC1(C)CCC(C2COCCN2)N(C(=O)OC(C)(C)C)C1. The quantitative estimate of drug-likeness (QED) is 0.807. The van der Waals surface area contributed by atoms with Gasteiger partial charge in [0.15, 0.2) is 0 Å². The molecule has 21 heavy (non-hydrogen) atoms. The maximum atomic E-state index is 12.6. The molecule has 0 aromatic heterocycles. The van der Waals surface area contributed by atoms with Crippen LogP contribution in [0.25, 0.3) is 0 Å². The molecule has 2 rings (SSSR count). The number of carbonyl (C=O) groups is 1. The molecular formula is C16H30N2O3. The molecule has 0 aromatic rings. The van der Waals surface area contributed by atoms with Gasteiger partial charge in [-0.05, 0) is 39.0 Å². The summed E-state index contributed by atoms with van der Waals surface area (Å²) in [6.07, 6.45) is 1.91. The van der Waals surface area contributed by atoms with Crippen LogP contribution in [-0.2, 0) is 9.47 Å². The molecule has 2 unspecified atom stereocenters. The number of carbonyl (C=O) groups excluding carboxylic acids is 1. The second-order valence-corrected chi connectivity index (χ2v) is 8.01. The lowest BCUT2D eigenvalue weighted by molar-refractivity contribution is -0.0297. The highest BCUT2D eigenvalue weighted by atomic mass is 16.6. The Labute approximate surface area is 128 Å². The Kier molecular flexibility index (Phi) is 4.83. The molecule has 2 fully saturated rings. The summed E-state index contributed by atoms with van der Waals surface area (Å²) < 4.78 is 11.2. The fourth-order valence-electron chi connectivity index (χ4n) is 3.12. The van der Waals surface area contributed by atoms with Gasteiger partial charge in [0.05, 0.1) is 25.3 Å². The molecule has 0 aromatic carbocycles. The Morgan fingerprint density at radius 1 is 1.38 bits per heavy atom. The number of ether oxygens (including phenoxy) is 2. The monoisotopic (exact) mass is 298 g/mol. The number of nitrogens with one attached hydrogen (secondary N) is 1. The van der Waals surface area contributed by atoms with Crippen molar-refractivity contribution in [1.29, 1.82) is 0 Å². The van der Waals surface area contributed by atoms with Crippen molar-refractivity contribution in [3.05, 3.63) is 0 Å². The van der Waals surface area contributed by atoms with Crippen molar-refractivity contribution in [2.75, 3.05) is 26.3 Å². The van der Waals surface area contributed by atoms with Crippen molar-refractivity contribution in [1.82, 2.24) is 10.2 Å². The van der Waals surface area contributed by atoms with Crippen LogP contribution in [0.3, 0.4) is 0 Å². The highest BCUT2D eigenvalue weighted by molar-refractivity contribution is 5.69. The van der Waals surface area contributed by atoms with Crippen LogP contribution in [0, 0.1) is 5.41 Å². The average Bonchev–Trinajstić information content (AvgIpc) is 2.36. The molecule has 1 amide bonds. The third kappa shape index (κ3) is 4.58. The van der Waals surface area contributed by atoms with E-state index in [1.807, 2.05) is 25.7 Å². The molecule has 5 nitrogen and oxygen atoms in total. The van der Waals surface area contributed by atoms with Gasteiger partial charge in [0.1, 0.15) is 5.60 Å². The molecule has 0 aliphatic carbocycles. The second kappa shape index (κ2) is 6.13. The van der Waals surface area contributed by atoms with Crippen LogP contribution in [0.5, 0.6) is 0 Å². The lowest BCUT2D eigenvalue weighted by Crippen LogP contribution is -2.61. The number of amides is 1. The number of hydrogen-bond acceptors (Lipinski definition) is 4. The Hall–Kier alpha value is -0.810. The van der Waals surface area contributed by atoms with E-state index in [1.165, 1.54) is 0 Å². The maximum absolute atomic E-state index is 12.6. The first-order valence-corrected chi connectivity index (χ1v) is 7.99. The Morgan fingerprint density at radius 2 is 2.10 bits per heavy atom. The molecule has 5 heteroatoms. The number of rotatable bonds is 1. The van der Waals surface area contributed by atoms with Crippen LogP contribution in [0.1, 0.15) is 47.5 Å². The van der Waals surface area contributed by atoms with E-state index < -0.39 is 5.60 Å². The zero-order chi connectivity index (χ0) is 15.7. The van der Waals surface area contributed by atoms with Gasteiger partial charge in [-0.1, -0.05) is 13.8 Å². The summed E-state index contributed by atoms with van der Waals surface area (Å²) in [6, 6.07) is 0.371. The van der Waals surface area contributed by atoms with E-state index in [9.17, 15) is 4.79 Å². The van der Waals surface area contributed by atoms with Crippen molar-refractivity contribution < 1.29 is 14.3 Å². The van der Waals surface area contributed by atoms with Crippen LogP contribution >= 0.6 is 0 Å². The molecule has 2 atom stereocenters. The molecule has 0 spiro atoms. The summed E-state index contributed by atoms with van der Waals surface area (Å²) in [5.74, 6) is 0. The summed E-state index contributed by atoms with van der Waals surface area (Å²) in [4.78, 5) is 14.5. The van der Waals surface area contributed by atoms with E-state index in [2.05, 4.69) is 19.2 Å². The van der Waals surface area contributed by atoms with Crippen LogP contribution in [-0.4, -0.2) is 55.0 Å². The molecular weight excluding hydrogens is 268 g/mol. The molecule has 0 radical (unpaired) electrons. The van der Waals surface area contributed by atoms with Gasteiger partial charge in [0, 0.05) is 13.1 Å². The smallest absolute Gasteiger partial charge is 0.410 e. The summed E-state index contributed by atoms with van der Waals surface area (Å²) in [7, 11) is 0. The van der Waals surface area contributed by atoms with Gasteiger partial charge in [-0.2, -0.15) is 0 Å². The number of piperidine rings is 1. The zero-order valence-electron chi connectivity index (χ0n) is 14.1. The molecule has 2 heterocycles. The average molecular weight is 298 g/mol. The molecule has 2 saturated heterocycles. The largest absolute Gasteiger partial charge is 0.444 e. The van der Waals surface area contributed by atoms with Gasteiger partial charge >= 0.3 is 6.09 Å². The van der Waals surface area contributed by atoms with E-state index >= 15 is 0 Å². The molecule has 2 aliphatic heterocycles. The van der Waals surface area contributed by atoms with Crippen LogP contribution in [0.4, 0.5) is 4.79 Å². The van der Waals surface area contributed by atoms with Gasteiger partial charge in [-0.15, -0.1) is 0 Å². The fourth-order valence-corrected chi connectivity index (χ4v) is 3.12. The Balaban J connectivity index is 2.11. The Morgan fingerprint density at radius 3 is 2.67 bits per heavy atom. The number of hydrogen-bond donors (Lipinski definition) is 1. The fraction of sp³-hybridized carbons (Fsp3) is 0.938. The number of nitrogens with zero attached hydrogens (tertiary/aromatic N) is 1. The first-order valence-electron chi connectivity index (χ1n) is 7.99. The van der Waals surface area contributed by atoms with Crippen molar-refractivity contribution in [3.8, 4) is 0 Å². The van der Waals surface area contributed by atoms with Crippen molar-refractivity contribution in [2.24, 2.45) is 5.41 Å². The van der Waals surface area contributed by atoms with Crippen molar-refractivity contribution in [3.63, 3.8) is 0 Å². The minimum Gasteiger partial charge on any atom is -0.444 e. The van der Waals surface area contributed by atoms with Gasteiger partial charge in [-0.25, -0.2) is 4.79 Å². The molecule has 0 saturated carbocycles. The normalized spacial score (nSPS) is 30.0. The van der Waals surface area contributed by atoms with Crippen LogP contribution in [0.2, 0.25) is 0 Å². The van der Waals surface area contributed by atoms with Crippen molar-refractivity contribution >= 4 is 6.09 Å². The molecule has 1 N–H and O–H groups in total.